The Morgan fingerprint density at radius 3 is 2.95 bits per heavy atom. The topological polar surface area (TPSA) is 68.3 Å². The molecule has 19 heavy (non-hydrogen) atoms. The van der Waals surface area contributed by atoms with Gasteiger partial charge in [-0.1, -0.05) is 12.1 Å². The third-order valence-electron chi connectivity index (χ3n) is 2.74. The van der Waals surface area contributed by atoms with E-state index < -0.39 is 0 Å². The van der Waals surface area contributed by atoms with Crippen molar-refractivity contribution in [2.45, 2.75) is 26.0 Å². The number of amides is 1. The van der Waals surface area contributed by atoms with Gasteiger partial charge in [-0.15, -0.1) is 0 Å². The lowest BCUT2D eigenvalue weighted by molar-refractivity contribution is 0.0992. The molecule has 2 aromatic heterocycles. The van der Waals surface area contributed by atoms with E-state index in [1.165, 1.54) is 0 Å². The van der Waals surface area contributed by atoms with Crippen molar-refractivity contribution in [3.63, 3.8) is 0 Å². The Labute approximate surface area is 115 Å². The Hall–Kier alpha value is -1.69. The first kappa shape index (κ1) is 13.7. The second-order valence-corrected chi connectivity index (χ2v) is 4.95. The zero-order valence-corrected chi connectivity index (χ0v) is 12.0. The minimum absolute atomic E-state index is 0.278. The van der Waals surface area contributed by atoms with Gasteiger partial charge in [-0.3, -0.25) is 10.1 Å². The monoisotopic (exact) mass is 280 g/mol. The van der Waals surface area contributed by atoms with Crippen molar-refractivity contribution in [3.8, 4) is 0 Å². The number of aromatic nitrogens is 1. The molecule has 0 bridgehead atoms. The molecule has 1 N–H and O–H groups in total. The molecule has 0 unspecified atom stereocenters. The molecule has 2 rings (SSSR count). The molecule has 6 heteroatoms. The lowest BCUT2D eigenvalue weighted by atomic mass is 10.2. The number of hydrogen-bond acceptors (Lipinski definition) is 5. The summed E-state index contributed by atoms with van der Waals surface area (Å²) in [4.78, 5) is 12.0. The van der Waals surface area contributed by atoms with Crippen LogP contribution in [0, 0.1) is 6.92 Å². The molecule has 5 nitrogen and oxygen atoms in total. The number of anilines is 1. The Balaban J connectivity index is 2.11. The summed E-state index contributed by atoms with van der Waals surface area (Å²) in [7, 11) is 0. The Morgan fingerprint density at radius 1 is 1.47 bits per heavy atom. The Bertz CT molecular complexity index is 574. The molecule has 1 amide bonds. The predicted molar refractivity (Wildman–Crippen MR) is 74.5 cm³/mol. The first-order valence-corrected chi connectivity index (χ1v) is 7.39. The van der Waals surface area contributed by atoms with E-state index in [1.807, 2.05) is 20.1 Å². The molecule has 0 saturated carbocycles. The highest BCUT2D eigenvalue weighted by Crippen LogP contribution is 2.21. The third kappa shape index (κ3) is 3.01. The van der Waals surface area contributed by atoms with Gasteiger partial charge in [0.1, 0.15) is 5.76 Å². The van der Waals surface area contributed by atoms with Gasteiger partial charge < -0.3 is 8.94 Å². The van der Waals surface area contributed by atoms with Crippen molar-refractivity contribution in [1.29, 1.82) is 0 Å². The summed E-state index contributed by atoms with van der Waals surface area (Å²) in [5.41, 5.74) is 1.70. The maximum atomic E-state index is 12.0. The van der Waals surface area contributed by atoms with Crippen molar-refractivity contribution in [2.24, 2.45) is 0 Å². The van der Waals surface area contributed by atoms with E-state index in [2.05, 4.69) is 10.5 Å². The first-order valence-electron chi connectivity index (χ1n) is 5.99. The van der Waals surface area contributed by atoms with E-state index in [-0.39, 0.29) is 11.7 Å². The van der Waals surface area contributed by atoms with Gasteiger partial charge in [-0.2, -0.15) is 11.8 Å². The van der Waals surface area contributed by atoms with Crippen molar-refractivity contribution in [3.05, 3.63) is 34.9 Å². The standard InChI is InChI=1S/C13H16N2O3S/c1-4-10-8(2)15-18-13(10)14-12(16)11-6-5-9(17-11)7-19-3/h5-6H,4,7H2,1-3H3,(H,14,16). The van der Waals surface area contributed by atoms with Gasteiger partial charge in [0.2, 0.25) is 5.88 Å². The smallest absolute Gasteiger partial charge is 0.293 e. The number of hydrogen-bond donors (Lipinski definition) is 1. The van der Waals surface area contributed by atoms with E-state index in [1.54, 1.807) is 23.9 Å². The van der Waals surface area contributed by atoms with Crippen molar-refractivity contribution >= 4 is 23.6 Å². The molecule has 0 spiro atoms. The number of thioether (sulfide) groups is 1. The summed E-state index contributed by atoms with van der Waals surface area (Å²) in [6, 6.07) is 3.47. The highest BCUT2D eigenvalue weighted by Gasteiger charge is 2.17. The molecule has 0 aliphatic rings. The SMILES string of the molecule is CCc1c(C)noc1NC(=O)c1ccc(CSC)o1. The van der Waals surface area contributed by atoms with Crippen LogP contribution in [0.1, 0.15) is 34.5 Å². The Kier molecular flexibility index (Phi) is 4.31. The first-order chi connectivity index (χ1) is 9.15. The fourth-order valence-electron chi connectivity index (χ4n) is 1.79. The molecule has 102 valence electrons. The van der Waals surface area contributed by atoms with Gasteiger partial charge in [0.25, 0.3) is 5.91 Å². The Morgan fingerprint density at radius 2 is 2.26 bits per heavy atom. The molecule has 0 radical (unpaired) electrons. The second-order valence-electron chi connectivity index (χ2n) is 4.08. The fourth-order valence-corrected chi connectivity index (χ4v) is 2.23. The average Bonchev–Trinajstić information content (AvgIpc) is 2.97. The van der Waals surface area contributed by atoms with Crippen LogP contribution in [0.15, 0.2) is 21.1 Å². The quantitative estimate of drug-likeness (QED) is 0.910. The van der Waals surface area contributed by atoms with Crippen LogP contribution in [0.2, 0.25) is 0 Å². The maximum absolute atomic E-state index is 12.0. The van der Waals surface area contributed by atoms with Gasteiger partial charge in [0.05, 0.1) is 11.4 Å². The highest BCUT2D eigenvalue weighted by molar-refractivity contribution is 7.97. The van der Waals surface area contributed by atoms with Crippen molar-refractivity contribution < 1.29 is 13.7 Å². The van der Waals surface area contributed by atoms with Crippen LogP contribution < -0.4 is 5.32 Å². The molecule has 2 aromatic rings. The van der Waals surface area contributed by atoms with Gasteiger partial charge in [0.15, 0.2) is 5.76 Å². The molecule has 2 heterocycles. The summed E-state index contributed by atoms with van der Waals surface area (Å²) < 4.78 is 10.5. The van der Waals surface area contributed by atoms with Crippen LogP contribution in [-0.4, -0.2) is 17.3 Å². The largest absolute Gasteiger partial charge is 0.455 e. The number of nitrogens with one attached hydrogen (secondary N) is 1. The molecular formula is C13H16N2O3S. The number of carbonyl (C=O) groups is 1. The summed E-state index contributed by atoms with van der Waals surface area (Å²) in [5, 5.41) is 6.53. The van der Waals surface area contributed by atoms with Crippen LogP contribution in [0.3, 0.4) is 0 Å². The van der Waals surface area contributed by atoms with E-state index in [4.69, 9.17) is 8.94 Å². The van der Waals surface area contributed by atoms with Gasteiger partial charge in [-0.05, 0) is 31.7 Å². The second kappa shape index (κ2) is 5.97. The number of carbonyl (C=O) groups excluding carboxylic acids is 1. The number of furan rings is 1. The maximum Gasteiger partial charge on any atom is 0.293 e. The molecule has 0 aromatic carbocycles. The minimum Gasteiger partial charge on any atom is -0.455 e. The normalized spacial score (nSPS) is 10.7. The van der Waals surface area contributed by atoms with Gasteiger partial charge in [-0.25, -0.2) is 0 Å². The molecule has 0 aliphatic heterocycles. The molecular weight excluding hydrogens is 264 g/mol. The lowest BCUT2D eigenvalue weighted by Gasteiger charge is -2.00. The van der Waals surface area contributed by atoms with E-state index in [0.717, 1.165) is 29.2 Å². The van der Waals surface area contributed by atoms with Crippen LogP contribution in [0.4, 0.5) is 5.88 Å². The van der Waals surface area contributed by atoms with Crippen LogP contribution >= 0.6 is 11.8 Å². The van der Waals surface area contributed by atoms with Gasteiger partial charge >= 0.3 is 0 Å². The zero-order valence-electron chi connectivity index (χ0n) is 11.1. The van der Waals surface area contributed by atoms with Crippen LogP contribution in [0.5, 0.6) is 0 Å². The van der Waals surface area contributed by atoms with Crippen molar-refractivity contribution in [1.82, 2.24) is 5.16 Å². The molecule has 0 atom stereocenters. The van der Waals surface area contributed by atoms with E-state index in [9.17, 15) is 4.79 Å². The zero-order chi connectivity index (χ0) is 13.8. The summed E-state index contributed by atoms with van der Waals surface area (Å²) >= 11 is 1.64. The average molecular weight is 280 g/mol. The fraction of sp³-hybridized carbons (Fsp3) is 0.385. The van der Waals surface area contributed by atoms with E-state index >= 15 is 0 Å². The number of rotatable bonds is 5. The number of aryl methyl sites for hydroxylation is 1. The third-order valence-corrected chi connectivity index (χ3v) is 3.31. The van der Waals surface area contributed by atoms with Crippen LogP contribution in [0.25, 0.3) is 0 Å². The van der Waals surface area contributed by atoms with Crippen molar-refractivity contribution in [2.75, 3.05) is 11.6 Å². The highest BCUT2D eigenvalue weighted by atomic mass is 32.2. The molecule has 0 saturated heterocycles. The molecule has 0 fully saturated rings. The predicted octanol–water partition coefficient (Wildman–Crippen LogP) is 3.25. The summed E-state index contributed by atoms with van der Waals surface area (Å²) in [6.45, 7) is 3.83. The van der Waals surface area contributed by atoms with Gasteiger partial charge in [0, 0.05) is 5.56 Å². The number of nitrogens with zero attached hydrogens (tertiary/aromatic N) is 1. The summed E-state index contributed by atoms with van der Waals surface area (Å²) in [6.07, 6.45) is 2.73. The minimum atomic E-state index is -0.321. The van der Waals surface area contributed by atoms with E-state index in [0.29, 0.717) is 5.88 Å². The van der Waals surface area contributed by atoms with Crippen LogP contribution in [-0.2, 0) is 12.2 Å². The summed E-state index contributed by atoms with van der Waals surface area (Å²) in [5.74, 6) is 1.88. The lowest BCUT2D eigenvalue weighted by Crippen LogP contribution is -2.11. The molecule has 0 aliphatic carbocycles.